The van der Waals surface area contributed by atoms with Gasteiger partial charge in [0.25, 0.3) is 0 Å². The summed E-state index contributed by atoms with van der Waals surface area (Å²) in [4.78, 5) is 0. The van der Waals surface area contributed by atoms with Crippen LogP contribution in [0, 0.1) is 0 Å². The third-order valence-corrected chi connectivity index (χ3v) is 2.58. The molecule has 0 bridgehead atoms. The number of hydrogen-bond acceptors (Lipinski definition) is 3. The van der Waals surface area contributed by atoms with Gasteiger partial charge in [-0.2, -0.15) is 5.10 Å². The van der Waals surface area contributed by atoms with E-state index in [9.17, 15) is 0 Å². The second kappa shape index (κ2) is 5.88. The van der Waals surface area contributed by atoms with E-state index in [4.69, 9.17) is 5.11 Å². The lowest BCUT2D eigenvalue weighted by Crippen LogP contribution is -2.27. The molecule has 0 saturated carbocycles. The Bertz CT molecular complexity index is 296. The molecule has 0 amide bonds. The van der Waals surface area contributed by atoms with Crippen molar-refractivity contribution in [3.63, 3.8) is 0 Å². The number of nitrogens with zero attached hydrogens (tertiary/aromatic N) is 2. The van der Waals surface area contributed by atoms with Crippen LogP contribution in [0.25, 0.3) is 0 Å². The summed E-state index contributed by atoms with van der Waals surface area (Å²) in [6.45, 7) is 5.23. The van der Waals surface area contributed by atoms with Gasteiger partial charge in [-0.25, -0.2) is 0 Å². The van der Waals surface area contributed by atoms with E-state index in [0.717, 1.165) is 25.1 Å². The first-order chi connectivity index (χ1) is 7.17. The van der Waals surface area contributed by atoms with Gasteiger partial charge < -0.3 is 10.4 Å². The lowest BCUT2D eigenvalue weighted by atomic mass is 10.2. The highest BCUT2D eigenvalue weighted by molar-refractivity contribution is 5.09. The Morgan fingerprint density at radius 2 is 2.33 bits per heavy atom. The maximum Gasteiger partial charge on any atom is 0.0625 e. The predicted molar refractivity (Wildman–Crippen MR) is 60.6 cm³/mol. The SMILES string of the molecule is CCc1cc(CNC(C)CCO)n(C)n1. The first-order valence-corrected chi connectivity index (χ1v) is 5.53. The van der Waals surface area contributed by atoms with Crippen molar-refractivity contribution in [3.8, 4) is 0 Å². The van der Waals surface area contributed by atoms with Crippen LogP contribution < -0.4 is 5.32 Å². The molecule has 1 rings (SSSR count). The average molecular weight is 211 g/mol. The molecule has 4 heteroatoms. The van der Waals surface area contributed by atoms with E-state index in [2.05, 4.69) is 30.3 Å². The molecule has 86 valence electrons. The molecule has 1 heterocycles. The van der Waals surface area contributed by atoms with Gasteiger partial charge in [-0.3, -0.25) is 4.68 Å². The number of rotatable bonds is 6. The van der Waals surface area contributed by atoms with Crippen LogP contribution in [-0.2, 0) is 20.0 Å². The van der Waals surface area contributed by atoms with Crippen LogP contribution in [0.15, 0.2) is 6.07 Å². The number of aliphatic hydroxyl groups is 1. The van der Waals surface area contributed by atoms with Gasteiger partial charge in [0.15, 0.2) is 0 Å². The Morgan fingerprint density at radius 3 is 2.87 bits per heavy atom. The standard InChI is InChI=1S/C11H21N3O/c1-4-10-7-11(14(3)13-10)8-12-9(2)5-6-15/h7,9,12,15H,4-6,8H2,1-3H3. The third kappa shape index (κ3) is 3.64. The lowest BCUT2D eigenvalue weighted by molar-refractivity contribution is 0.268. The second-order valence-corrected chi connectivity index (χ2v) is 3.90. The number of nitrogens with one attached hydrogen (secondary N) is 1. The van der Waals surface area contributed by atoms with Crippen LogP contribution in [0.4, 0.5) is 0 Å². The molecule has 0 aliphatic heterocycles. The summed E-state index contributed by atoms with van der Waals surface area (Å²) in [7, 11) is 1.97. The summed E-state index contributed by atoms with van der Waals surface area (Å²) in [6.07, 6.45) is 1.76. The van der Waals surface area contributed by atoms with Gasteiger partial charge in [0.1, 0.15) is 0 Å². The molecule has 1 unspecified atom stereocenters. The zero-order valence-electron chi connectivity index (χ0n) is 9.82. The first-order valence-electron chi connectivity index (χ1n) is 5.53. The van der Waals surface area contributed by atoms with E-state index >= 15 is 0 Å². The van der Waals surface area contributed by atoms with Crippen LogP contribution >= 0.6 is 0 Å². The van der Waals surface area contributed by atoms with Gasteiger partial charge in [-0.05, 0) is 25.8 Å². The van der Waals surface area contributed by atoms with Crippen molar-refractivity contribution in [2.75, 3.05) is 6.61 Å². The Balaban J connectivity index is 2.46. The molecule has 1 aromatic heterocycles. The van der Waals surface area contributed by atoms with Gasteiger partial charge in [-0.1, -0.05) is 6.92 Å². The molecule has 1 atom stereocenters. The van der Waals surface area contributed by atoms with Gasteiger partial charge in [0, 0.05) is 26.2 Å². The number of hydrogen-bond donors (Lipinski definition) is 2. The normalized spacial score (nSPS) is 13.1. The van der Waals surface area contributed by atoms with E-state index in [1.807, 2.05) is 11.7 Å². The second-order valence-electron chi connectivity index (χ2n) is 3.90. The summed E-state index contributed by atoms with van der Waals surface area (Å²) in [6, 6.07) is 2.47. The van der Waals surface area contributed by atoms with Gasteiger partial charge in [0.2, 0.25) is 0 Å². The van der Waals surface area contributed by atoms with E-state index in [1.165, 1.54) is 5.69 Å². The Hall–Kier alpha value is -0.870. The van der Waals surface area contributed by atoms with E-state index in [1.54, 1.807) is 0 Å². The molecule has 0 aliphatic rings. The van der Waals surface area contributed by atoms with Crippen molar-refractivity contribution in [3.05, 3.63) is 17.5 Å². The predicted octanol–water partition coefficient (Wildman–Crippen LogP) is 0.843. The molecule has 2 N–H and O–H groups in total. The highest BCUT2D eigenvalue weighted by Crippen LogP contribution is 2.04. The minimum absolute atomic E-state index is 0.236. The molecular weight excluding hydrogens is 190 g/mol. The van der Waals surface area contributed by atoms with Crippen LogP contribution in [0.2, 0.25) is 0 Å². The summed E-state index contributed by atoms with van der Waals surface area (Å²) in [5, 5.41) is 16.5. The van der Waals surface area contributed by atoms with Crippen molar-refractivity contribution < 1.29 is 5.11 Å². The highest BCUT2D eigenvalue weighted by Gasteiger charge is 2.05. The summed E-state index contributed by atoms with van der Waals surface area (Å²) in [5.41, 5.74) is 2.32. The fourth-order valence-electron chi connectivity index (χ4n) is 1.48. The van der Waals surface area contributed by atoms with Crippen molar-refractivity contribution in [1.82, 2.24) is 15.1 Å². The topological polar surface area (TPSA) is 50.1 Å². The minimum Gasteiger partial charge on any atom is -0.396 e. The van der Waals surface area contributed by atoms with E-state index in [0.29, 0.717) is 6.04 Å². The van der Waals surface area contributed by atoms with Crippen LogP contribution in [0.5, 0.6) is 0 Å². The van der Waals surface area contributed by atoms with Gasteiger partial charge >= 0.3 is 0 Å². The molecule has 0 fully saturated rings. The number of aliphatic hydroxyl groups excluding tert-OH is 1. The molecule has 0 spiro atoms. The summed E-state index contributed by atoms with van der Waals surface area (Å²) in [5.74, 6) is 0. The molecule has 0 saturated heterocycles. The Kier molecular flexibility index (Phi) is 4.78. The van der Waals surface area contributed by atoms with Crippen molar-refractivity contribution in [2.45, 2.75) is 39.3 Å². The zero-order valence-corrected chi connectivity index (χ0v) is 9.82. The summed E-state index contributed by atoms with van der Waals surface area (Å²) < 4.78 is 1.91. The maximum atomic E-state index is 8.77. The zero-order chi connectivity index (χ0) is 11.3. The van der Waals surface area contributed by atoms with Gasteiger partial charge in [-0.15, -0.1) is 0 Å². The number of aromatic nitrogens is 2. The van der Waals surface area contributed by atoms with Crippen LogP contribution in [0.3, 0.4) is 0 Å². The summed E-state index contributed by atoms with van der Waals surface area (Å²) >= 11 is 0. The third-order valence-electron chi connectivity index (χ3n) is 2.58. The maximum absolute atomic E-state index is 8.77. The average Bonchev–Trinajstić information content (AvgIpc) is 2.57. The minimum atomic E-state index is 0.236. The largest absolute Gasteiger partial charge is 0.396 e. The van der Waals surface area contributed by atoms with Crippen LogP contribution in [0.1, 0.15) is 31.7 Å². The van der Waals surface area contributed by atoms with Crippen molar-refractivity contribution in [2.24, 2.45) is 7.05 Å². The molecule has 0 aromatic carbocycles. The molecule has 4 nitrogen and oxygen atoms in total. The monoisotopic (exact) mass is 211 g/mol. The highest BCUT2D eigenvalue weighted by atomic mass is 16.3. The fraction of sp³-hybridized carbons (Fsp3) is 0.727. The van der Waals surface area contributed by atoms with Gasteiger partial charge in [0.05, 0.1) is 11.4 Å². The van der Waals surface area contributed by atoms with E-state index in [-0.39, 0.29) is 6.61 Å². The molecule has 15 heavy (non-hydrogen) atoms. The van der Waals surface area contributed by atoms with Crippen molar-refractivity contribution in [1.29, 1.82) is 0 Å². The molecular formula is C11H21N3O. The smallest absolute Gasteiger partial charge is 0.0625 e. The van der Waals surface area contributed by atoms with Crippen LogP contribution in [-0.4, -0.2) is 27.5 Å². The molecule has 1 aromatic rings. The van der Waals surface area contributed by atoms with Crippen molar-refractivity contribution >= 4 is 0 Å². The Labute approximate surface area is 91.3 Å². The van der Waals surface area contributed by atoms with E-state index < -0.39 is 0 Å². The Morgan fingerprint density at radius 1 is 1.60 bits per heavy atom. The molecule has 0 aliphatic carbocycles. The number of aryl methyl sites for hydroxylation is 2. The first kappa shape index (κ1) is 12.2. The quantitative estimate of drug-likeness (QED) is 0.733. The molecule has 0 radical (unpaired) electrons. The lowest BCUT2D eigenvalue weighted by Gasteiger charge is -2.11. The fourth-order valence-corrected chi connectivity index (χ4v) is 1.48.